The quantitative estimate of drug-likeness (QED) is 0.749. The van der Waals surface area contributed by atoms with Gasteiger partial charge in [-0.1, -0.05) is 23.7 Å². The highest BCUT2D eigenvalue weighted by Gasteiger charge is 2.11. The number of rotatable bonds is 2. The molecule has 21 heavy (non-hydrogen) atoms. The molecule has 0 aliphatic carbocycles. The molecule has 1 aromatic heterocycles. The second kappa shape index (κ2) is 5.39. The van der Waals surface area contributed by atoms with Crippen molar-refractivity contribution in [1.82, 2.24) is 4.98 Å². The van der Waals surface area contributed by atoms with Crippen LogP contribution in [0.15, 0.2) is 48.7 Å². The third-order valence-electron chi connectivity index (χ3n) is 3.08. The van der Waals surface area contributed by atoms with Gasteiger partial charge in [0.2, 0.25) is 0 Å². The lowest BCUT2D eigenvalue weighted by molar-refractivity contribution is 0.637. The summed E-state index contributed by atoms with van der Waals surface area (Å²) in [6.45, 7) is 0. The van der Waals surface area contributed by atoms with Crippen LogP contribution < -0.4 is 5.32 Å². The molecular weight excluding hydrogens is 289 g/mol. The molecule has 2 aromatic carbocycles. The number of benzene rings is 2. The number of fused-ring (bicyclic) bond motifs is 1. The van der Waals surface area contributed by atoms with Gasteiger partial charge in [0.25, 0.3) is 0 Å². The molecule has 0 saturated carbocycles. The maximum absolute atomic E-state index is 13.8. The number of para-hydroxylation sites is 1. The normalized spacial score (nSPS) is 10.3. The van der Waals surface area contributed by atoms with Gasteiger partial charge < -0.3 is 5.32 Å². The van der Waals surface area contributed by atoms with Crippen LogP contribution in [-0.4, -0.2) is 4.98 Å². The molecule has 0 fully saturated rings. The second-order valence-electron chi connectivity index (χ2n) is 4.43. The maximum atomic E-state index is 13.8. The van der Waals surface area contributed by atoms with Crippen LogP contribution in [0, 0.1) is 17.1 Å². The van der Waals surface area contributed by atoms with Gasteiger partial charge in [0, 0.05) is 22.3 Å². The van der Waals surface area contributed by atoms with Crippen molar-refractivity contribution >= 4 is 33.9 Å². The molecule has 1 heterocycles. The van der Waals surface area contributed by atoms with Crippen LogP contribution in [0.2, 0.25) is 5.02 Å². The van der Waals surface area contributed by atoms with Crippen molar-refractivity contribution in [3.05, 3.63) is 65.1 Å². The van der Waals surface area contributed by atoms with Crippen molar-refractivity contribution in [1.29, 1.82) is 5.26 Å². The van der Waals surface area contributed by atoms with E-state index in [4.69, 9.17) is 11.6 Å². The number of halogens is 2. The minimum Gasteiger partial charge on any atom is -0.354 e. The fourth-order valence-electron chi connectivity index (χ4n) is 2.08. The monoisotopic (exact) mass is 297 g/mol. The minimum absolute atomic E-state index is 0.230. The van der Waals surface area contributed by atoms with Gasteiger partial charge in [-0.05, 0) is 30.3 Å². The number of aromatic nitrogens is 1. The first-order chi connectivity index (χ1) is 10.2. The summed E-state index contributed by atoms with van der Waals surface area (Å²) in [5, 5.41) is 13.5. The Bertz CT molecular complexity index is 854. The zero-order valence-corrected chi connectivity index (χ0v) is 11.5. The number of hydrogen-bond acceptors (Lipinski definition) is 3. The molecule has 0 bridgehead atoms. The predicted molar refractivity (Wildman–Crippen MR) is 81.2 cm³/mol. The predicted octanol–water partition coefficient (Wildman–Crippen LogP) is 4.64. The summed E-state index contributed by atoms with van der Waals surface area (Å²) in [7, 11) is 0. The van der Waals surface area contributed by atoms with Crippen molar-refractivity contribution in [2.24, 2.45) is 0 Å². The maximum Gasteiger partial charge on any atom is 0.149 e. The molecule has 0 aliphatic rings. The van der Waals surface area contributed by atoms with Gasteiger partial charge in [-0.3, -0.25) is 4.98 Å². The Morgan fingerprint density at radius 2 is 1.90 bits per heavy atom. The van der Waals surface area contributed by atoms with Crippen LogP contribution >= 0.6 is 11.6 Å². The fraction of sp³-hybridized carbons (Fsp3) is 0. The Kier molecular flexibility index (Phi) is 3.43. The Labute approximate surface area is 125 Å². The zero-order valence-electron chi connectivity index (χ0n) is 10.8. The Morgan fingerprint density at radius 3 is 2.62 bits per heavy atom. The van der Waals surface area contributed by atoms with E-state index in [2.05, 4.69) is 16.4 Å². The molecule has 0 unspecified atom stereocenters. The topological polar surface area (TPSA) is 48.7 Å². The molecule has 5 heteroatoms. The number of anilines is 2. The van der Waals surface area contributed by atoms with Gasteiger partial charge >= 0.3 is 0 Å². The average molecular weight is 298 g/mol. The number of nitrogens with zero attached hydrogens (tertiary/aromatic N) is 2. The molecule has 102 valence electrons. The summed E-state index contributed by atoms with van der Waals surface area (Å²) >= 11 is 5.85. The Morgan fingerprint density at radius 1 is 1.14 bits per heavy atom. The standard InChI is InChI=1S/C16H9ClFN3/c17-11-4-6-12(7-5-11)21-15-10(8-19)9-20-16-13(15)2-1-3-14(16)18/h1-7,9H,(H,20,21). The van der Waals surface area contributed by atoms with Crippen molar-refractivity contribution in [3.8, 4) is 6.07 Å². The molecule has 0 aliphatic heterocycles. The van der Waals surface area contributed by atoms with E-state index in [1.54, 1.807) is 36.4 Å². The third-order valence-corrected chi connectivity index (χ3v) is 3.33. The van der Waals surface area contributed by atoms with E-state index >= 15 is 0 Å². The molecule has 0 amide bonds. The first-order valence-electron chi connectivity index (χ1n) is 6.19. The summed E-state index contributed by atoms with van der Waals surface area (Å²) in [6.07, 6.45) is 1.36. The molecule has 3 nitrogen and oxygen atoms in total. The zero-order chi connectivity index (χ0) is 14.8. The first-order valence-corrected chi connectivity index (χ1v) is 6.57. The van der Waals surface area contributed by atoms with Crippen molar-refractivity contribution in [2.45, 2.75) is 0 Å². The summed E-state index contributed by atoms with van der Waals surface area (Å²) in [4.78, 5) is 4.01. The largest absolute Gasteiger partial charge is 0.354 e. The van der Waals surface area contributed by atoms with E-state index < -0.39 is 5.82 Å². The first kappa shape index (κ1) is 13.3. The lowest BCUT2D eigenvalue weighted by atomic mass is 10.1. The molecule has 3 aromatic rings. The van der Waals surface area contributed by atoms with Gasteiger partial charge in [-0.2, -0.15) is 5.26 Å². The van der Waals surface area contributed by atoms with E-state index in [0.717, 1.165) is 5.69 Å². The molecular formula is C16H9ClFN3. The van der Waals surface area contributed by atoms with Gasteiger partial charge in [-0.25, -0.2) is 4.39 Å². The van der Waals surface area contributed by atoms with Gasteiger partial charge in [0.1, 0.15) is 17.4 Å². The van der Waals surface area contributed by atoms with E-state index in [1.165, 1.54) is 12.3 Å². The number of hydrogen-bond donors (Lipinski definition) is 1. The highest BCUT2D eigenvalue weighted by atomic mass is 35.5. The summed E-state index contributed by atoms with van der Waals surface area (Å²) in [5.41, 5.74) is 1.87. The SMILES string of the molecule is N#Cc1cnc2c(F)cccc2c1Nc1ccc(Cl)cc1. The van der Waals surface area contributed by atoms with Crippen LogP contribution in [0.5, 0.6) is 0 Å². The van der Waals surface area contributed by atoms with Crippen molar-refractivity contribution in [3.63, 3.8) is 0 Å². The minimum atomic E-state index is -0.420. The molecule has 1 N–H and O–H groups in total. The number of pyridine rings is 1. The molecule has 0 radical (unpaired) electrons. The van der Waals surface area contributed by atoms with Crippen LogP contribution in [-0.2, 0) is 0 Å². The number of nitrogens with one attached hydrogen (secondary N) is 1. The van der Waals surface area contributed by atoms with E-state index in [1.807, 2.05) is 0 Å². The Balaban J connectivity index is 2.18. The van der Waals surface area contributed by atoms with Crippen LogP contribution in [0.1, 0.15) is 5.56 Å². The van der Waals surface area contributed by atoms with Crippen LogP contribution in [0.25, 0.3) is 10.9 Å². The van der Waals surface area contributed by atoms with Gasteiger partial charge in [0.15, 0.2) is 0 Å². The lowest BCUT2D eigenvalue weighted by Crippen LogP contribution is -1.97. The molecule has 0 spiro atoms. The van der Waals surface area contributed by atoms with Crippen molar-refractivity contribution in [2.75, 3.05) is 5.32 Å². The van der Waals surface area contributed by atoms with E-state index in [0.29, 0.717) is 21.7 Å². The van der Waals surface area contributed by atoms with Gasteiger partial charge in [-0.15, -0.1) is 0 Å². The highest BCUT2D eigenvalue weighted by Crippen LogP contribution is 2.30. The fourth-order valence-corrected chi connectivity index (χ4v) is 2.21. The second-order valence-corrected chi connectivity index (χ2v) is 4.86. The van der Waals surface area contributed by atoms with Crippen LogP contribution in [0.4, 0.5) is 15.8 Å². The number of nitriles is 1. The summed E-state index contributed by atoms with van der Waals surface area (Å²) < 4.78 is 13.8. The molecule has 0 atom stereocenters. The lowest BCUT2D eigenvalue weighted by Gasteiger charge is -2.11. The van der Waals surface area contributed by atoms with Crippen molar-refractivity contribution < 1.29 is 4.39 Å². The molecule has 0 saturated heterocycles. The van der Waals surface area contributed by atoms with Gasteiger partial charge in [0.05, 0.1) is 11.3 Å². The van der Waals surface area contributed by atoms with E-state index in [9.17, 15) is 9.65 Å². The average Bonchev–Trinajstić information content (AvgIpc) is 2.50. The Hall–Kier alpha value is -2.64. The molecule has 3 rings (SSSR count). The van der Waals surface area contributed by atoms with E-state index in [-0.39, 0.29) is 5.52 Å². The third kappa shape index (κ3) is 2.51. The summed E-state index contributed by atoms with van der Waals surface area (Å²) in [5.74, 6) is -0.420. The van der Waals surface area contributed by atoms with Crippen LogP contribution in [0.3, 0.4) is 0 Å². The highest BCUT2D eigenvalue weighted by molar-refractivity contribution is 6.30. The smallest absolute Gasteiger partial charge is 0.149 e. The summed E-state index contributed by atoms with van der Waals surface area (Å²) in [6, 6.07) is 13.8.